The van der Waals surface area contributed by atoms with Crippen molar-refractivity contribution in [3.8, 4) is 17.2 Å². The van der Waals surface area contributed by atoms with Crippen molar-refractivity contribution in [3.05, 3.63) is 84.4 Å². The van der Waals surface area contributed by atoms with Gasteiger partial charge in [0.1, 0.15) is 12.0 Å². The van der Waals surface area contributed by atoms with Crippen LogP contribution in [0.15, 0.2) is 78.9 Å². The van der Waals surface area contributed by atoms with Gasteiger partial charge in [0, 0.05) is 24.3 Å². The molecule has 2 heterocycles. The van der Waals surface area contributed by atoms with Crippen molar-refractivity contribution < 1.29 is 14.4 Å². The van der Waals surface area contributed by atoms with E-state index in [1.54, 1.807) is 0 Å². The van der Waals surface area contributed by atoms with Crippen LogP contribution in [0.25, 0.3) is 11.1 Å². The summed E-state index contributed by atoms with van der Waals surface area (Å²) in [5, 5.41) is 15.7. The average Bonchev–Trinajstić information content (AvgIpc) is 3.45. The third kappa shape index (κ3) is 4.54. The summed E-state index contributed by atoms with van der Waals surface area (Å²) < 4.78 is 0. The molecule has 2 N–H and O–H groups in total. The molecule has 7 heteroatoms. The van der Waals surface area contributed by atoms with Gasteiger partial charge >= 0.3 is 0 Å². The molecule has 3 aromatic carbocycles. The van der Waals surface area contributed by atoms with Crippen LogP contribution in [-0.4, -0.2) is 35.2 Å². The first-order valence-corrected chi connectivity index (χ1v) is 12.9. The van der Waals surface area contributed by atoms with Gasteiger partial charge in [0.05, 0.1) is 11.5 Å². The van der Waals surface area contributed by atoms with Gasteiger partial charge < -0.3 is 15.5 Å². The number of anilines is 2. The zero-order chi connectivity index (χ0) is 26.9. The zero-order valence-electron chi connectivity index (χ0n) is 21.5. The SMILES string of the molecule is CC(C)CC(C(=O)Nc1ccc(-c2ccccc2)cc1)C(=O)N1C[C@]2(CC1C#N)C(=O)Nc1ccccc12. The van der Waals surface area contributed by atoms with E-state index in [0.29, 0.717) is 17.8 Å². The second-order valence-electron chi connectivity index (χ2n) is 10.5. The normalized spacial score (nSPS) is 20.6. The fraction of sp³-hybridized carbons (Fsp3) is 0.290. The number of benzene rings is 3. The van der Waals surface area contributed by atoms with Gasteiger partial charge in [0.25, 0.3) is 0 Å². The smallest absolute Gasteiger partial charge is 0.237 e. The Labute approximate surface area is 222 Å². The number of hydrogen-bond acceptors (Lipinski definition) is 4. The quantitative estimate of drug-likeness (QED) is 0.461. The van der Waals surface area contributed by atoms with Gasteiger partial charge in [-0.15, -0.1) is 0 Å². The van der Waals surface area contributed by atoms with Crippen molar-refractivity contribution in [2.75, 3.05) is 17.2 Å². The lowest BCUT2D eigenvalue weighted by molar-refractivity contribution is -0.141. The van der Waals surface area contributed by atoms with Gasteiger partial charge in [0.2, 0.25) is 17.7 Å². The highest BCUT2D eigenvalue weighted by molar-refractivity contribution is 6.09. The Morgan fingerprint density at radius 3 is 2.37 bits per heavy atom. The summed E-state index contributed by atoms with van der Waals surface area (Å²) >= 11 is 0. The van der Waals surface area contributed by atoms with Crippen molar-refractivity contribution in [2.24, 2.45) is 11.8 Å². The molecule has 2 unspecified atom stereocenters. The molecule has 3 amide bonds. The molecule has 3 atom stereocenters. The highest BCUT2D eigenvalue weighted by Gasteiger charge is 2.56. The van der Waals surface area contributed by atoms with E-state index >= 15 is 0 Å². The Hall–Kier alpha value is -4.44. The van der Waals surface area contributed by atoms with Gasteiger partial charge in [-0.2, -0.15) is 5.26 Å². The van der Waals surface area contributed by atoms with Crippen LogP contribution in [0, 0.1) is 23.2 Å². The molecule has 1 saturated heterocycles. The van der Waals surface area contributed by atoms with E-state index in [0.717, 1.165) is 16.7 Å². The summed E-state index contributed by atoms with van der Waals surface area (Å²) in [5.41, 5.74) is 3.20. The minimum absolute atomic E-state index is 0.0700. The number of carbonyl (C=O) groups excluding carboxylic acids is 3. The largest absolute Gasteiger partial charge is 0.325 e. The van der Waals surface area contributed by atoms with Gasteiger partial charge in [-0.1, -0.05) is 74.5 Å². The van der Waals surface area contributed by atoms with Crippen LogP contribution in [0.4, 0.5) is 11.4 Å². The lowest BCUT2D eigenvalue weighted by atomic mass is 9.80. The van der Waals surface area contributed by atoms with Crippen LogP contribution in [-0.2, 0) is 19.8 Å². The second-order valence-corrected chi connectivity index (χ2v) is 10.5. The molecular formula is C31H30N4O3. The first-order chi connectivity index (χ1) is 18.3. The first-order valence-electron chi connectivity index (χ1n) is 12.9. The van der Waals surface area contributed by atoms with Crippen LogP contribution in [0.2, 0.25) is 0 Å². The Kier molecular flexibility index (Phi) is 6.73. The van der Waals surface area contributed by atoms with E-state index in [1.165, 1.54) is 4.90 Å². The molecule has 1 fully saturated rings. The predicted molar refractivity (Wildman–Crippen MR) is 146 cm³/mol. The van der Waals surface area contributed by atoms with E-state index in [4.69, 9.17) is 0 Å². The summed E-state index contributed by atoms with van der Waals surface area (Å²) in [6, 6.07) is 26.2. The summed E-state index contributed by atoms with van der Waals surface area (Å²) in [6.07, 6.45) is 0.534. The summed E-state index contributed by atoms with van der Waals surface area (Å²) in [7, 11) is 0. The first kappa shape index (κ1) is 25.2. The Morgan fingerprint density at radius 2 is 1.68 bits per heavy atom. The predicted octanol–water partition coefficient (Wildman–Crippen LogP) is 4.97. The molecule has 5 rings (SSSR count). The van der Waals surface area contributed by atoms with Gasteiger partial charge in [0.15, 0.2) is 0 Å². The van der Waals surface area contributed by atoms with Gasteiger partial charge in [-0.05, 0) is 47.2 Å². The molecule has 2 aliphatic rings. The van der Waals surface area contributed by atoms with Crippen LogP contribution in [0.1, 0.15) is 32.3 Å². The van der Waals surface area contributed by atoms with E-state index in [-0.39, 0.29) is 24.8 Å². The highest BCUT2D eigenvalue weighted by Crippen LogP contribution is 2.46. The standard InChI is InChI=1S/C31H30N4O3/c1-20(2)16-25(28(36)33-23-14-12-22(13-15-23)21-8-4-3-5-9-21)29(37)35-19-31(17-24(35)18-32)26-10-6-7-11-27(26)34-30(31)38/h3-15,20,24-25H,16-17,19H2,1-2H3,(H,33,36)(H,34,38)/t24?,25?,31-/m0/s1. The maximum Gasteiger partial charge on any atom is 0.237 e. The van der Waals surface area contributed by atoms with Crippen molar-refractivity contribution in [1.29, 1.82) is 5.26 Å². The Morgan fingerprint density at radius 1 is 1.03 bits per heavy atom. The maximum absolute atomic E-state index is 13.9. The third-order valence-corrected chi connectivity index (χ3v) is 7.50. The Bertz CT molecular complexity index is 1410. The number of hydrogen-bond donors (Lipinski definition) is 2. The number of amides is 3. The number of likely N-dealkylation sites (tertiary alicyclic amines) is 1. The molecule has 0 aliphatic carbocycles. The van der Waals surface area contributed by atoms with Crippen LogP contribution in [0.3, 0.4) is 0 Å². The van der Waals surface area contributed by atoms with Crippen LogP contribution in [0.5, 0.6) is 0 Å². The second kappa shape index (κ2) is 10.1. The van der Waals surface area contributed by atoms with Crippen molar-refractivity contribution in [2.45, 2.75) is 38.1 Å². The van der Waals surface area contributed by atoms with E-state index in [1.807, 2.05) is 92.7 Å². The molecule has 3 aromatic rings. The lowest BCUT2D eigenvalue weighted by Gasteiger charge is -2.27. The molecule has 7 nitrogen and oxygen atoms in total. The van der Waals surface area contributed by atoms with Crippen LogP contribution < -0.4 is 10.6 Å². The summed E-state index contributed by atoms with van der Waals surface area (Å²) in [6.45, 7) is 3.98. The number of carbonyl (C=O) groups is 3. The molecule has 0 bridgehead atoms. The molecule has 0 saturated carbocycles. The molecular weight excluding hydrogens is 476 g/mol. The van der Waals surface area contributed by atoms with E-state index < -0.39 is 29.2 Å². The average molecular weight is 507 g/mol. The molecule has 192 valence electrons. The minimum Gasteiger partial charge on any atom is -0.325 e. The fourth-order valence-corrected chi connectivity index (χ4v) is 5.58. The van der Waals surface area contributed by atoms with Crippen molar-refractivity contribution in [1.82, 2.24) is 4.90 Å². The number of para-hydroxylation sites is 1. The zero-order valence-corrected chi connectivity index (χ0v) is 21.5. The topological polar surface area (TPSA) is 102 Å². The molecule has 38 heavy (non-hydrogen) atoms. The molecule has 1 spiro atoms. The number of rotatable bonds is 6. The summed E-state index contributed by atoms with van der Waals surface area (Å²) in [4.78, 5) is 41.9. The highest BCUT2D eigenvalue weighted by atomic mass is 16.2. The van der Waals surface area contributed by atoms with Gasteiger partial charge in [-0.3, -0.25) is 14.4 Å². The van der Waals surface area contributed by atoms with Crippen molar-refractivity contribution >= 4 is 29.1 Å². The maximum atomic E-state index is 13.9. The third-order valence-electron chi connectivity index (χ3n) is 7.50. The van der Waals surface area contributed by atoms with Crippen molar-refractivity contribution in [3.63, 3.8) is 0 Å². The van der Waals surface area contributed by atoms with E-state index in [2.05, 4.69) is 16.7 Å². The van der Waals surface area contributed by atoms with Crippen LogP contribution >= 0.6 is 0 Å². The minimum atomic E-state index is -0.987. The fourth-order valence-electron chi connectivity index (χ4n) is 5.58. The number of nitrogens with one attached hydrogen (secondary N) is 2. The van der Waals surface area contributed by atoms with Gasteiger partial charge in [-0.25, -0.2) is 0 Å². The number of fused-ring (bicyclic) bond motifs is 2. The number of nitrogens with zero attached hydrogens (tertiary/aromatic N) is 2. The molecule has 0 radical (unpaired) electrons. The summed E-state index contributed by atoms with van der Waals surface area (Å²) in [5.74, 6) is -1.95. The molecule has 2 aliphatic heterocycles. The van der Waals surface area contributed by atoms with E-state index in [9.17, 15) is 19.6 Å². The monoisotopic (exact) mass is 506 g/mol. The number of nitriles is 1. The molecule has 0 aromatic heterocycles. The lowest BCUT2D eigenvalue weighted by Crippen LogP contribution is -2.45. The Balaban J connectivity index is 1.37.